The molecule has 8 nitrogen and oxygen atoms in total. The van der Waals surface area contributed by atoms with Gasteiger partial charge in [0.25, 0.3) is 5.91 Å². The molecule has 0 radical (unpaired) electrons. The van der Waals surface area contributed by atoms with E-state index in [1.807, 2.05) is 6.26 Å². The number of hydrogen-bond donors (Lipinski definition) is 4. The van der Waals surface area contributed by atoms with Crippen molar-refractivity contribution >= 4 is 29.5 Å². The molecule has 0 aromatic rings. The van der Waals surface area contributed by atoms with Crippen LogP contribution in [0, 0.1) is 11.3 Å². The minimum absolute atomic E-state index is 0.179. The van der Waals surface area contributed by atoms with E-state index in [1.54, 1.807) is 6.07 Å². The molecule has 0 spiro atoms. The van der Waals surface area contributed by atoms with E-state index < -0.39 is 17.9 Å². The molecule has 1 unspecified atom stereocenters. The molecule has 0 saturated heterocycles. The summed E-state index contributed by atoms with van der Waals surface area (Å²) in [5.74, 6) is -1.49. The van der Waals surface area contributed by atoms with Crippen LogP contribution in [-0.2, 0) is 14.4 Å². The number of thioether (sulfide) groups is 1. The molecule has 0 saturated carbocycles. The van der Waals surface area contributed by atoms with Crippen LogP contribution in [0.1, 0.15) is 13.3 Å². The topological polar surface area (TPSA) is 131 Å². The van der Waals surface area contributed by atoms with Gasteiger partial charge in [0.2, 0.25) is 5.91 Å². The second-order valence-electron chi connectivity index (χ2n) is 4.25. The number of carboxylic acids is 1. The molecule has 0 bridgehead atoms. The minimum Gasteiger partial charge on any atom is -0.480 e. The highest BCUT2D eigenvalue weighted by Crippen LogP contribution is 2.02. The fourth-order valence-electron chi connectivity index (χ4n) is 1.36. The summed E-state index contributed by atoms with van der Waals surface area (Å²) >= 11 is 1.47. The molecule has 0 fully saturated rings. The molecule has 4 N–H and O–H groups in total. The normalized spacial score (nSPS) is 12.0. The number of nitriles is 1. The zero-order valence-corrected chi connectivity index (χ0v) is 13.3. The van der Waals surface area contributed by atoms with Crippen LogP contribution in [-0.4, -0.2) is 54.0 Å². The number of nitrogens with one attached hydrogen (secondary N) is 3. The fourth-order valence-corrected chi connectivity index (χ4v) is 1.83. The first-order valence-corrected chi connectivity index (χ1v) is 7.92. The summed E-state index contributed by atoms with van der Waals surface area (Å²) in [6.07, 6.45) is 3.31. The standard InChI is InChI=1S/C13H20N4O4S/c1-9(18)16-5-4-15-8-10(7-14)12(19)17-11(13(20)21)3-6-22-2/h8,11,15H,3-6H2,1-2H3,(H,16,18)(H,17,19)(H,20,21)/b10-8-. The summed E-state index contributed by atoms with van der Waals surface area (Å²) in [5, 5.41) is 25.5. The maximum Gasteiger partial charge on any atom is 0.326 e. The number of rotatable bonds is 10. The van der Waals surface area contributed by atoms with Crippen LogP contribution in [0.2, 0.25) is 0 Å². The Balaban J connectivity index is 4.46. The predicted molar refractivity (Wildman–Crippen MR) is 82.9 cm³/mol. The van der Waals surface area contributed by atoms with Crippen LogP contribution in [0.25, 0.3) is 0 Å². The lowest BCUT2D eigenvalue weighted by Crippen LogP contribution is -2.42. The van der Waals surface area contributed by atoms with E-state index in [4.69, 9.17) is 10.4 Å². The summed E-state index contributed by atoms with van der Waals surface area (Å²) in [6.45, 7) is 2.06. The van der Waals surface area contributed by atoms with Crippen LogP contribution < -0.4 is 16.0 Å². The number of carboxylic acid groups (broad SMARTS) is 1. The quantitative estimate of drug-likeness (QED) is 0.240. The second kappa shape index (κ2) is 11.4. The average molecular weight is 328 g/mol. The molecule has 1 atom stereocenters. The third-order valence-electron chi connectivity index (χ3n) is 2.47. The SMILES string of the molecule is CSCCC(NC(=O)/C(C#N)=C\NCCNC(C)=O)C(=O)O. The Hall–Kier alpha value is -2.21. The van der Waals surface area contributed by atoms with E-state index in [1.165, 1.54) is 24.9 Å². The van der Waals surface area contributed by atoms with Gasteiger partial charge in [-0.3, -0.25) is 9.59 Å². The van der Waals surface area contributed by atoms with Gasteiger partial charge in [-0.2, -0.15) is 17.0 Å². The Kier molecular flexibility index (Phi) is 10.3. The van der Waals surface area contributed by atoms with Gasteiger partial charge in [0, 0.05) is 26.2 Å². The number of carbonyl (C=O) groups is 3. The van der Waals surface area contributed by atoms with Gasteiger partial charge in [-0.25, -0.2) is 4.79 Å². The number of amides is 2. The zero-order chi connectivity index (χ0) is 17.0. The predicted octanol–water partition coefficient (Wildman–Crippen LogP) is -0.558. The summed E-state index contributed by atoms with van der Waals surface area (Å²) in [4.78, 5) is 33.5. The zero-order valence-electron chi connectivity index (χ0n) is 12.5. The van der Waals surface area contributed by atoms with Gasteiger partial charge in [0.1, 0.15) is 17.7 Å². The number of carbonyl (C=O) groups excluding carboxylic acids is 2. The molecular weight excluding hydrogens is 308 g/mol. The largest absolute Gasteiger partial charge is 0.480 e. The molecule has 0 aliphatic heterocycles. The molecule has 0 aliphatic carbocycles. The highest BCUT2D eigenvalue weighted by molar-refractivity contribution is 7.98. The van der Waals surface area contributed by atoms with Crippen LogP contribution in [0.4, 0.5) is 0 Å². The summed E-state index contributed by atoms with van der Waals surface area (Å²) in [7, 11) is 0. The molecular formula is C13H20N4O4S. The second-order valence-corrected chi connectivity index (χ2v) is 5.24. The fraction of sp³-hybridized carbons (Fsp3) is 0.538. The van der Waals surface area contributed by atoms with E-state index in [0.717, 1.165) is 0 Å². The van der Waals surface area contributed by atoms with E-state index in [0.29, 0.717) is 18.8 Å². The minimum atomic E-state index is -1.14. The molecule has 22 heavy (non-hydrogen) atoms. The average Bonchev–Trinajstić information content (AvgIpc) is 2.46. The Morgan fingerprint density at radius 2 is 2.05 bits per heavy atom. The van der Waals surface area contributed by atoms with Crippen LogP contribution in [0.15, 0.2) is 11.8 Å². The van der Waals surface area contributed by atoms with Crippen molar-refractivity contribution in [3.8, 4) is 6.07 Å². The molecule has 2 amide bonds. The number of aliphatic carboxylic acids is 1. The van der Waals surface area contributed by atoms with Gasteiger partial charge in [0.05, 0.1) is 0 Å². The molecule has 0 aliphatic rings. The van der Waals surface area contributed by atoms with Crippen molar-refractivity contribution in [1.82, 2.24) is 16.0 Å². The lowest BCUT2D eigenvalue weighted by molar-refractivity contribution is -0.141. The van der Waals surface area contributed by atoms with Crippen molar-refractivity contribution in [2.75, 3.05) is 25.1 Å². The first-order valence-electron chi connectivity index (χ1n) is 6.53. The molecule has 0 rings (SSSR count). The summed E-state index contributed by atoms with van der Waals surface area (Å²) in [5.41, 5.74) is -0.224. The highest BCUT2D eigenvalue weighted by atomic mass is 32.2. The van der Waals surface area contributed by atoms with Crippen molar-refractivity contribution in [2.45, 2.75) is 19.4 Å². The van der Waals surface area contributed by atoms with Crippen molar-refractivity contribution in [1.29, 1.82) is 5.26 Å². The Labute approximate surface area is 133 Å². The summed E-state index contributed by atoms with van der Waals surface area (Å²) in [6, 6.07) is 0.672. The Bertz CT molecular complexity index is 473. The van der Waals surface area contributed by atoms with Crippen molar-refractivity contribution < 1.29 is 19.5 Å². The third-order valence-corrected chi connectivity index (χ3v) is 3.11. The first-order chi connectivity index (χ1) is 10.4. The number of nitrogens with zero attached hydrogens (tertiary/aromatic N) is 1. The van der Waals surface area contributed by atoms with Gasteiger partial charge in [0.15, 0.2) is 0 Å². The molecule has 0 aromatic carbocycles. The first kappa shape index (κ1) is 19.8. The van der Waals surface area contributed by atoms with Crippen LogP contribution >= 0.6 is 11.8 Å². The smallest absolute Gasteiger partial charge is 0.326 e. The van der Waals surface area contributed by atoms with E-state index in [9.17, 15) is 14.4 Å². The van der Waals surface area contributed by atoms with Gasteiger partial charge in [-0.05, 0) is 18.4 Å². The monoisotopic (exact) mass is 328 g/mol. The molecule has 0 aromatic heterocycles. The van der Waals surface area contributed by atoms with E-state index in [-0.39, 0.29) is 17.9 Å². The molecule has 122 valence electrons. The molecule has 9 heteroatoms. The maximum absolute atomic E-state index is 11.8. The van der Waals surface area contributed by atoms with E-state index >= 15 is 0 Å². The Morgan fingerprint density at radius 1 is 1.36 bits per heavy atom. The van der Waals surface area contributed by atoms with Gasteiger partial charge in [-0.15, -0.1) is 0 Å². The lowest BCUT2D eigenvalue weighted by atomic mass is 10.2. The van der Waals surface area contributed by atoms with Gasteiger partial charge < -0.3 is 21.1 Å². The Morgan fingerprint density at radius 3 is 2.55 bits per heavy atom. The van der Waals surface area contributed by atoms with Crippen LogP contribution in [0.3, 0.4) is 0 Å². The molecule has 0 heterocycles. The van der Waals surface area contributed by atoms with E-state index in [2.05, 4.69) is 16.0 Å². The maximum atomic E-state index is 11.8. The van der Waals surface area contributed by atoms with Gasteiger partial charge in [-0.1, -0.05) is 0 Å². The van der Waals surface area contributed by atoms with Gasteiger partial charge >= 0.3 is 5.97 Å². The number of hydrogen-bond acceptors (Lipinski definition) is 6. The third kappa shape index (κ3) is 8.86. The summed E-state index contributed by atoms with van der Waals surface area (Å²) < 4.78 is 0. The highest BCUT2D eigenvalue weighted by Gasteiger charge is 2.21. The lowest BCUT2D eigenvalue weighted by Gasteiger charge is -2.13. The van der Waals surface area contributed by atoms with Crippen molar-refractivity contribution in [3.63, 3.8) is 0 Å². The van der Waals surface area contributed by atoms with Crippen molar-refractivity contribution in [3.05, 3.63) is 11.8 Å². The van der Waals surface area contributed by atoms with Crippen LogP contribution in [0.5, 0.6) is 0 Å². The van der Waals surface area contributed by atoms with Crippen molar-refractivity contribution in [2.24, 2.45) is 0 Å².